The molecule has 8 nitrogen and oxygen atoms in total. The van der Waals surface area contributed by atoms with Crippen LogP contribution < -0.4 is 21.1 Å². The number of piperazine rings is 1. The van der Waals surface area contributed by atoms with Gasteiger partial charge in [-0.2, -0.15) is 0 Å². The van der Waals surface area contributed by atoms with Gasteiger partial charge in [0.15, 0.2) is 0 Å². The first kappa shape index (κ1) is 19.5. The molecule has 2 rings (SSSR count). The molecule has 1 saturated heterocycles. The lowest BCUT2D eigenvalue weighted by atomic mass is 10.1. The van der Waals surface area contributed by atoms with E-state index in [-0.39, 0.29) is 24.8 Å². The van der Waals surface area contributed by atoms with E-state index in [0.29, 0.717) is 19.6 Å². The zero-order chi connectivity index (χ0) is 18.9. The van der Waals surface area contributed by atoms with Gasteiger partial charge in [-0.1, -0.05) is 30.4 Å². The zero-order valence-corrected chi connectivity index (χ0v) is 14.7. The topological polar surface area (TPSA) is 114 Å². The molecule has 3 amide bonds. The standard InChI is InChI=1S/C18H24N4O4/c1-26-15-7-3-2-5-13(15)6-4-9-22-10-8-20-18(25)14(22)11-17(24)21-12-16(19)23/h2-7,14H,8-12H2,1H3,(H2,19,23)(H,20,25)(H,21,24). The van der Waals surface area contributed by atoms with Crippen LogP contribution in [0.1, 0.15) is 12.0 Å². The minimum Gasteiger partial charge on any atom is -0.496 e. The highest BCUT2D eigenvalue weighted by Gasteiger charge is 2.30. The first-order valence-corrected chi connectivity index (χ1v) is 8.37. The van der Waals surface area contributed by atoms with Gasteiger partial charge in [0.25, 0.3) is 0 Å². The molecule has 4 N–H and O–H groups in total. The third-order valence-corrected chi connectivity index (χ3v) is 4.06. The van der Waals surface area contributed by atoms with Crippen LogP contribution in [0.15, 0.2) is 30.3 Å². The minimum atomic E-state index is -0.622. The highest BCUT2D eigenvalue weighted by molar-refractivity contribution is 5.90. The van der Waals surface area contributed by atoms with Crippen molar-refractivity contribution < 1.29 is 19.1 Å². The summed E-state index contributed by atoms with van der Waals surface area (Å²) in [4.78, 5) is 36.7. The number of methoxy groups -OCH3 is 1. The molecule has 1 aliphatic heterocycles. The molecule has 1 aliphatic rings. The highest BCUT2D eigenvalue weighted by Crippen LogP contribution is 2.19. The van der Waals surface area contributed by atoms with E-state index < -0.39 is 11.9 Å². The molecule has 1 fully saturated rings. The van der Waals surface area contributed by atoms with Crippen molar-refractivity contribution in [1.82, 2.24) is 15.5 Å². The van der Waals surface area contributed by atoms with Crippen molar-refractivity contribution in [2.75, 3.05) is 33.3 Å². The Morgan fingerprint density at radius 3 is 2.92 bits per heavy atom. The maximum atomic E-state index is 12.1. The Hall–Kier alpha value is -2.87. The predicted molar refractivity (Wildman–Crippen MR) is 97.2 cm³/mol. The quantitative estimate of drug-likeness (QED) is 0.578. The van der Waals surface area contributed by atoms with Gasteiger partial charge in [-0.25, -0.2) is 0 Å². The molecule has 140 valence electrons. The number of para-hydroxylation sites is 1. The summed E-state index contributed by atoms with van der Waals surface area (Å²) in [6.45, 7) is 1.44. The molecule has 26 heavy (non-hydrogen) atoms. The predicted octanol–water partition coefficient (Wildman–Crippen LogP) is -0.500. The number of nitrogens with zero attached hydrogens (tertiary/aromatic N) is 1. The van der Waals surface area contributed by atoms with Crippen LogP contribution in [0.4, 0.5) is 0 Å². The maximum Gasteiger partial charge on any atom is 0.237 e. The fraction of sp³-hybridized carbons (Fsp3) is 0.389. The second-order valence-electron chi connectivity index (χ2n) is 5.89. The highest BCUT2D eigenvalue weighted by atomic mass is 16.5. The van der Waals surface area contributed by atoms with Gasteiger partial charge in [0.2, 0.25) is 17.7 Å². The molecule has 0 bridgehead atoms. The number of benzene rings is 1. The lowest BCUT2D eigenvalue weighted by Gasteiger charge is -2.33. The van der Waals surface area contributed by atoms with Crippen LogP contribution in [0.2, 0.25) is 0 Å². The van der Waals surface area contributed by atoms with Crippen LogP contribution in [0.5, 0.6) is 5.75 Å². The number of ether oxygens (including phenoxy) is 1. The Labute approximate surface area is 152 Å². The van der Waals surface area contributed by atoms with Crippen molar-refractivity contribution in [3.8, 4) is 5.75 Å². The molecule has 1 heterocycles. The molecule has 1 atom stereocenters. The molecule has 0 spiro atoms. The monoisotopic (exact) mass is 360 g/mol. The van der Waals surface area contributed by atoms with E-state index in [1.807, 2.05) is 41.3 Å². The number of hydrogen-bond acceptors (Lipinski definition) is 5. The first-order valence-electron chi connectivity index (χ1n) is 8.37. The summed E-state index contributed by atoms with van der Waals surface area (Å²) in [7, 11) is 1.61. The van der Waals surface area contributed by atoms with Gasteiger partial charge in [0.05, 0.1) is 26.1 Å². The Morgan fingerprint density at radius 2 is 2.19 bits per heavy atom. The Balaban J connectivity index is 1.98. The van der Waals surface area contributed by atoms with E-state index in [1.54, 1.807) is 7.11 Å². The van der Waals surface area contributed by atoms with Crippen molar-refractivity contribution in [3.05, 3.63) is 35.9 Å². The number of carbonyl (C=O) groups excluding carboxylic acids is 3. The van der Waals surface area contributed by atoms with Gasteiger partial charge in [0, 0.05) is 25.2 Å². The normalized spacial score (nSPS) is 17.7. The van der Waals surface area contributed by atoms with Gasteiger partial charge in [-0.15, -0.1) is 0 Å². The van der Waals surface area contributed by atoms with Crippen molar-refractivity contribution in [2.24, 2.45) is 5.73 Å². The Morgan fingerprint density at radius 1 is 1.42 bits per heavy atom. The van der Waals surface area contributed by atoms with Crippen LogP contribution in [-0.2, 0) is 14.4 Å². The summed E-state index contributed by atoms with van der Waals surface area (Å²) in [5.41, 5.74) is 5.95. The molecule has 1 aromatic carbocycles. The number of amides is 3. The summed E-state index contributed by atoms with van der Waals surface area (Å²) in [6, 6.07) is 7.04. The summed E-state index contributed by atoms with van der Waals surface area (Å²) in [5.74, 6) is -0.439. The molecule has 0 aromatic heterocycles. The van der Waals surface area contributed by atoms with Gasteiger partial charge >= 0.3 is 0 Å². The Kier molecular flexibility index (Phi) is 7.16. The third kappa shape index (κ3) is 5.59. The minimum absolute atomic E-state index is 0.0262. The van der Waals surface area contributed by atoms with Crippen LogP contribution in [-0.4, -0.2) is 62.0 Å². The molecular formula is C18H24N4O4. The smallest absolute Gasteiger partial charge is 0.237 e. The maximum absolute atomic E-state index is 12.1. The Bertz CT molecular complexity index is 690. The van der Waals surface area contributed by atoms with E-state index in [4.69, 9.17) is 10.5 Å². The number of carbonyl (C=O) groups is 3. The second kappa shape index (κ2) is 9.57. The average Bonchev–Trinajstić information content (AvgIpc) is 2.63. The first-order chi connectivity index (χ1) is 12.5. The second-order valence-corrected chi connectivity index (χ2v) is 5.89. The van der Waals surface area contributed by atoms with Crippen LogP contribution >= 0.6 is 0 Å². The van der Waals surface area contributed by atoms with Crippen LogP contribution in [0.25, 0.3) is 6.08 Å². The van der Waals surface area contributed by atoms with Gasteiger partial charge in [-0.05, 0) is 6.07 Å². The van der Waals surface area contributed by atoms with Crippen LogP contribution in [0.3, 0.4) is 0 Å². The molecule has 0 radical (unpaired) electrons. The van der Waals surface area contributed by atoms with Crippen molar-refractivity contribution >= 4 is 23.8 Å². The lowest BCUT2D eigenvalue weighted by Crippen LogP contribution is -2.56. The van der Waals surface area contributed by atoms with Gasteiger partial charge in [0.1, 0.15) is 5.75 Å². The fourth-order valence-corrected chi connectivity index (χ4v) is 2.76. The molecule has 1 unspecified atom stereocenters. The molecular weight excluding hydrogens is 336 g/mol. The zero-order valence-electron chi connectivity index (χ0n) is 14.7. The van der Waals surface area contributed by atoms with E-state index in [0.717, 1.165) is 11.3 Å². The summed E-state index contributed by atoms with van der Waals surface area (Å²) >= 11 is 0. The average molecular weight is 360 g/mol. The number of nitrogens with one attached hydrogen (secondary N) is 2. The van der Waals surface area contributed by atoms with Crippen LogP contribution in [0, 0.1) is 0 Å². The van der Waals surface area contributed by atoms with E-state index >= 15 is 0 Å². The number of primary amides is 1. The number of nitrogens with two attached hydrogens (primary N) is 1. The van der Waals surface area contributed by atoms with Gasteiger partial charge in [-0.3, -0.25) is 19.3 Å². The SMILES string of the molecule is COc1ccccc1C=CCN1CCNC(=O)C1CC(=O)NCC(N)=O. The summed E-state index contributed by atoms with van der Waals surface area (Å²) in [5, 5.41) is 5.18. The van der Waals surface area contributed by atoms with E-state index in [2.05, 4.69) is 10.6 Å². The molecule has 0 aliphatic carbocycles. The summed E-state index contributed by atoms with van der Waals surface area (Å²) in [6.07, 6.45) is 3.84. The third-order valence-electron chi connectivity index (χ3n) is 4.06. The number of rotatable bonds is 8. The fourth-order valence-electron chi connectivity index (χ4n) is 2.76. The van der Waals surface area contributed by atoms with Crippen molar-refractivity contribution in [3.63, 3.8) is 0 Å². The van der Waals surface area contributed by atoms with Gasteiger partial charge < -0.3 is 21.1 Å². The largest absolute Gasteiger partial charge is 0.496 e. The molecule has 1 aromatic rings. The van der Waals surface area contributed by atoms with E-state index in [1.165, 1.54) is 0 Å². The molecule has 8 heteroatoms. The van der Waals surface area contributed by atoms with Crippen molar-refractivity contribution in [2.45, 2.75) is 12.5 Å². The summed E-state index contributed by atoms with van der Waals surface area (Å²) < 4.78 is 5.31. The lowest BCUT2D eigenvalue weighted by molar-refractivity contribution is -0.133. The molecule has 0 saturated carbocycles. The van der Waals surface area contributed by atoms with Crippen molar-refractivity contribution in [1.29, 1.82) is 0 Å². The van der Waals surface area contributed by atoms with E-state index in [9.17, 15) is 14.4 Å². The number of hydrogen-bond donors (Lipinski definition) is 3.